The molecular formula is C23H19ClN4O3S. The molecule has 0 bridgehead atoms. The van der Waals surface area contributed by atoms with Crippen LogP contribution in [0.25, 0.3) is 0 Å². The molecule has 0 aliphatic rings. The maximum Gasteiger partial charge on any atom is 0.264 e. The van der Waals surface area contributed by atoms with Gasteiger partial charge in [0.05, 0.1) is 11.1 Å². The molecule has 0 saturated carbocycles. The van der Waals surface area contributed by atoms with E-state index in [1.54, 1.807) is 48.5 Å². The Labute approximate surface area is 191 Å². The van der Waals surface area contributed by atoms with Crippen LogP contribution in [-0.2, 0) is 9.71 Å². The van der Waals surface area contributed by atoms with E-state index < -0.39 is 15.6 Å². The van der Waals surface area contributed by atoms with E-state index in [-0.39, 0.29) is 17.3 Å². The number of halogens is 1. The van der Waals surface area contributed by atoms with Crippen LogP contribution < -0.4 is 15.8 Å². The van der Waals surface area contributed by atoms with Gasteiger partial charge in [0.25, 0.3) is 11.8 Å². The molecule has 1 heterocycles. The lowest BCUT2D eigenvalue weighted by Gasteiger charge is -2.07. The van der Waals surface area contributed by atoms with E-state index in [0.29, 0.717) is 27.4 Å². The number of hydrogen-bond acceptors (Lipinski definition) is 5. The van der Waals surface area contributed by atoms with Crippen molar-refractivity contribution in [2.45, 2.75) is 0 Å². The van der Waals surface area contributed by atoms with E-state index in [1.165, 1.54) is 18.5 Å². The van der Waals surface area contributed by atoms with E-state index in [4.69, 9.17) is 17.3 Å². The number of nitrogens with one attached hydrogen (secondary N) is 2. The van der Waals surface area contributed by atoms with Crippen molar-refractivity contribution in [2.75, 3.05) is 17.3 Å². The number of nitrogens with zero attached hydrogens (tertiary/aromatic N) is 1. The fourth-order valence-corrected chi connectivity index (χ4v) is 3.21. The first kappa shape index (κ1) is 22.9. The van der Waals surface area contributed by atoms with E-state index in [9.17, 15) is 13.8 Å². The molecule has 0 aliphatic carbocycles. The number of hydrogen-bond donors (Lipinski definition) is 3. The van der Waals surface area contributed by atoms with Gasteiger partial charge < -0.3 is 11.1 Å². The van der Waals surface area contributed by atoms with Gasteiger partial charge in [-0.3, -0.25) is 14.3 Å². The van der Waals surface area contributed by atoms with Crippen molar-refractivity contribution < 1.29 is 13.8 Å². The normalized spacial score (nSPS) is 12.1. The molecule has 1 unspecified atom stereocenters. The van der Waals surface area contributed by atoms with E-state index in [2.05, 4.69) is 32.7 Å². The average Bonchev–Trinajstić information content (AvgIpc) is 2.72. The maximum atomic E-state index is 12.4. The molecule has 0 saturated heterocycles. The fourth-order valence-electron chi connectivity index (χ4n) is 2.57. The molecule has 0 radical (unpaired) electrons. The number of pyridine rings is 1. The second-order valence-electron chi connectivity index (χ2n) is 6.88. The van der Waals surface area contributed by atoms with Gasteiger partial charge in [0.15, 0.2) is 0 Å². The Balaban J connectivity index is 1.80. The minimum absolute atomic E-state index is 0.146. The number of aromatic nitrogens is 1. The van der Waals surface area contributed by atoms with Crippen molar-refractivity contribution >= 4 is 50.5 Å². The minimum Gasteiger partial charge on any atom is -0.383 e. The molecule has 0 spiro atoms. The van der Waals surface area contributed by atoms with Crippen LogP contribution in [0.15, 0.2) is 60.8 Å². The number of nitrogens with two attached hydrogens (primary N) is 1. The zero-order valence-corrected chi connectivity index (χ0v) is 18.6. The summed E-state index contributed by atoms with van der Waals surface area (Å²) < 4.78 is 14.0. The summed E-state index contributed by atoms with van der Waals surface area (Å²) in [7, 11) is -2.72. The number of nitrogen functional groups attached to an aromatic ring is 1. The van der Waals surface area contributed by atoms with Crippen molar-refractivity contribution in [3.8, 4) is 11.8 Å². The van der Waals surface area contributed by atoms with Gasteiger partial charge in [-0.1, -0.05) is 29.5 Å². The van der Waals surface area contributed by atoms with Gasteiger partial charge in [-0.05, 0) is 54.4 Å². The summed E-state index contributed by atoms with van der Waals surface area (Å²) in [5.41, 5.74) is 8.01. The molecule has 3 aromatic rings. The predicted molar refractivity (Wildman–Crippen MR) is 129 cm³/mol. The van der Waals surface area contributed by atoms with Crippen molar-refractivity contribution in [3.05, 3.63) is 88.1 Å². The quantitative estimate of drug-likeness (QED) is 0.404. The van der Waals surface area contributed by atoms with Crippen molar-refractivity contribution in [3.63, 3.8) is 0 Å². The molecule has 3 rings (SSSR count). The van der Waals surface area contributed by atoms with Crippen LogP contribution in [0, 0.1) is 11.8 Å². The highest BCUT2D eigenvalue weighted by Crippen LogP contribution is 2.15. The second-order valence-corrected chi connectivity index (χ2v) is 9.54. The first-order chi connectivity index (χ1) is 15.1. The molecule has 9 heteroatoms. The lowest BCUT2D eigenvalue weighted by atomic mass is 10.1. The Kier molecular flexibility index (Phi) is 6.83. The predicted octanol–water partition coefficient (Wildman–Crippen LogP) is 2.96. The Morgan fingerprint density at radius 1 is 1.06 bits per heavy atom. The topological polar surface area (TPSA) is 114 Å². The molecule has 7 nitrogen and oxygen atoms in total. The van der Waals surface area contributed by atoms with Gasteiger partial charge in [-0.15, -0.1) is 0 Å². The van der Waals surface area contributed by atoms with Crippen LogP contribution in [0.1, 0.15) is 31.8 Å². The Bertz CT molecular complexity index is 1360. The van der Waals surface area contributed by atoms with Gasteiger partial charge in [0, 0.05) is 44.0 Å². The third-order valence-corrected chi connectivity index (χ3v) is 4.93. The summed E-state index contributed by atoms with van der Waals surface area (Å²) in [4.78, 5) is 28.5. The molecule has 2 aromatic carbocycles. The summed E-state index contributed by atoms with van der Waals surface area (Å²) in [5, 5.41) is 3.35. The van der Waals surface area contributed by atoms with Gasteiger partial charge in [0.2, 0.25) is 0 Å². The number of carbonyl (C=O) groups excluding carboxylic acids is 2. The molecule has 0 aliphatic heterocycles. The summed E-state index contributed by atoms with van der Waals surface area (Å²) in [6.45, 7) is 0. The van der Waals surface area contributed by atoms with E-state index >= 15 is 0 Å². The van der Waals surface area contributed by atoms with E-state index in [0.717, 1.165) is 0 Å². The number of anilines is 2. The lowest BCUT2D eigenvalue weighted by Crippen LogP contribution is -2.29. The number of benzene rings is 2. The third-order valence-electron chi connectivity index (χ3n) is 4.06. The van der Waals surface area contributed by atoms with Crippen LogP contribution >= 0.6 is 11.6 Å². The minimum atomic E-state index is -2.72. The van der Waals surface area contributed by atoms with E-state index in [1.807, 2.05) is 0 Å². The standard InChI is InChI=1S/C23H19ClN4O3S/c1-32(2,31)28-23(30)18-13-17(21(25)26-14-18)7-6-15-4-3-5-20(12-15)27-22(29)16-8-10-19(24)11-9-16/h3-5,8-14H,1H2,2H3,(H2,25,26)(H,27,29)(H,28,30,31). The van der Waals surface area contributed by atoms with Crippen molar-refractivity contribution in [2.24, 2.45) is 0 Å². The maximum absolute atomic E-state index is 12.4. The summed E-state index contributed by atoms with van der Waals surface area (Å²) in [5.74, 6) is 8.48. The van der Waals surface area contributed by atoms with Crippen LogP contribution in [0.4, 0.5) is 11.5 Å². The molecule has 2 amide bonds. The van der Waals surface area contributed by atoms with Gasteiger partial charge in [0.1, 0.15) is 5.82 Å². The summed E-state index contributed by atoms with van der Waals surface area (Å²) in [6.07, 6.45) is 2.59. The first-order valence-corrected chi connectivity index (χ1v) is 11.7. The van der Waals surface area contributed by atoms with Crippen LogP contribution in [0.5, 0.6) is 0 Å². The largest absolute Gasteiger partial charge is 0.383 e. The average molecular weight is 467 g/mol. The summed E-state index contributed by atoms with van der Waals surface area (Å²) >= 11 is 5.85. The molecule has 4 N–H and O–H groups in total. The highest BCUT2D eigenvalue weighted by atomic mass is 35.5. The lowest BCUT2D eigenvalue weighted by molar-refractivity contribution is 0.0981. The molecule has 32 heavy (non-hydrogen) atoms. The first-order valence-electron chi connectivity index (χ1n) is 9.19. The highest BCUT2D eigenvalue weighted by Gasteiger charge is 2.11. The van der Waals surface area contributed by atoms with Crippen LogP contribution in [0.3, 0.4) is 0 Å². The van der Waals surface area contributed by atoms with Gasteiger partial charge in [-0.2, -0.15) is 0 Å². The Hall–Kier alpha value is -3.80. The zero-order valence-electron chi connectivity index (χ0n) is 17.0. The fraction of sp³-hybridized carbons (Fsp3) is 0.0435. The molecule has 1 atom stereocenters. The zero-order chi connectivity index (χ0) is 23.3. The molecule has 162 valence electrons. The number of rotatable bonds is 4. The van der Waals surface area contributed by atoms with Crippen LogP contribution in [0.2, 0.25) is 5.02 Å². The van der Waals surface area contributed by atoms with Crippen molar-refractivity contribution in [1.82, 2.24) is 9.71 Å². The monoisotopic (exact) mass is 466 g/mol. The molecular weight excluding hydrogens is 448 g/mol. The van der Waals surface area contributed by atoms with Crippen LogP contribution in [-0.4, -0.2) is 33.1 Å². The Morgan fingerprint density at radius 2 is 1.78 bits per heavy atom. The van der Waals surface area contributed by atoms with Gasteiger partial charge >= 0.3 is 0 Å². The second kappa shape index (κ2) is 9.56. The number of amides is 2. The molecule has 0 fully saturated rings. The molecule has 1 aromatic heterocycles. The smallest absolute Gasteiger partial charge is 0.264 e. The SMILES string of the molecule is C=S(C)(=O)NC(=O)c1cnc(N)c(C#Cc2cccc(NC(=O)c3ccc(Cl)cc3)c2)c1. The Morgan fingerprint density at radius 3 is 2.47 bits per heavy atom. The highest BCUT2D eigenvalue weighted by molar-refractivity contribution is 7.98. The van der Waals surface area contributed by atoms with Crippen molar-refractivity contribution in [1.29, 1.82) is 0 Å². The van der Waals surface area contributed by atoms with Gasteiger partial charge in [-0.25, -0.2) is 9.19 Å². The third kappa shape index (κ3) is 6.35. The number of carbonyl (C=O) groups is 2. The summed E-state index contributed by atoms with van der Waals surface area (Å²) in [6, 6.07) is 15.0.